The predicted octanol–water partition coefficient (Wildman–Crippen LogP) is 2.15. The SMILES string of the molecule is CCC(C)=O.CCC(O)CC. The van der Waals surface area contributed by atoms with Crippen LogP contribution in [0, 0.1) is 0 Å². The molecule has 11 heavy (non-hydrogen) atoms. The maximum Gasteiger partial charge on any atom is 0.129 e. The van der Waals surface area contributed by atoms with Crippen molar-refractivity contribution in [2.24, 2.45) is 0 Å². The van der Waals surface area contributed by atoms with Crippen molar-refractivity contribution in [2.75, 3.05) is 0 Å². The van der Waals surface area contributed by atoms with Gasteiger partial charge in [-0.1, -0.05) is 20.8 Å². The normalized spacial score (nSPS) is 8.91. The van der Waals surface area contributed by atoms with Gasteiger partial charge in [0.2, 0.25) is 0 Å². The Morgan fingerprint density at radius 3 is 1.55 bits per heavy atom. The van der Waals surface area contributed by atoms with Gasteiger partial charge in [0.25, 0.3) is 0 Å². The quantitative estimate of drug-likeness (QED) is 0.687. The number of carbonyl (C=O) groups is 1. The highest BCUT2D eigenvalue weighted by Crippen LogP contribution is 1.91. The molecule has 0 aromatic rings. The highest BCUT2D eigenvalue weighted by molar-refractivity contribution is 5.74. The Kier molecular flexibility index (Phi) is 11.6. The first-order valence-corrected chi connectivity index (χ1v) is 4.25. The first kappa shape index (κ1) is 13.2. The summed E-state index contributed by atoms with van der Waals surface area (Å²) < 4.78 is 0. The van der Waals surface area contributed by atoms with Crippen LogP contribution < -0.4 is 0 Å². The molecule has 1 N–H and O–H groups in total. The average molecular weight is 160 g/mol. The van der Waals surface area contributed by atoms with Crippen LogP contribution in [0.5, 0.6) is 0 Å². The largest absolute Gasteiger partial charge is 0.393 e. The Balaban J connectivity index is 0. The van der Waals surface area contributed by atoms with E-state index in [4.69, 9.17) is 5.11 Å². The second-order valence-corrected chi connectivity index (χ2v) is 2.53. The molecule has 68 valence electrons. The summed E-state index contributed by atoms with van der Waals surface area (Å²) in [6.45, 7) is 7.39. The molecule has 0 amide bonds. The summed E-state index contributed by atoms with van der Waals surface area (Å²) in [5.74, 6) is 0.255. The van der Waals surface area contributed by atoms with Gasteiger partial charge in [-0.05, 0) is 19.8 Å². The van der Waals surface area contributed by atoms with Gasteiger partial charge in [-0.15, -0.1) is 0 Å². The van der Waals surface area contributed by atoms with Gasteiger partial charge in [-0.3, -0.25) is 0 Å². The zero-order valence-corrected chi connectivity index (χ0v) is 8.05. The monoisotopic (exact) mass is 160 g/mol. The number of ketones is 1. The van der Waals surface area contributed by atoms with Crippen LogP contribution in [0.3, 0.4) is 0 Å². The fourth-order valence-corrected chi connectivity index (χ4v) is 0.289. The van der Waals surface area contributed by atoms with Crippen molar-refractivity contribution < 1.29 is 9.90 Å². The number of Topliss-reactive ketones (excluding diaryl/α,β-unsaturated/α-hetero) is 1. The molecule has 0 saturated carbocycles. The smallest absolute Gasteiger partial charge is 0.129 e. The Labute approximate surface area is 69.6 Å². The number of aliphatic hydroxyl groups excluding tert-OH is 1. The van der Waals surface area contributed by atoms with Gasteiger partial charge in [0.05, 0.1) is 6.10 Å². The molecule has 0 radical (unpaired) electrons. The fourth-order valence-electron chi connectivity index (χ4n) is 0.289. The minimum Gasteiger partial charge on any atom is -0.393 e. The van der Waals surface area contributed by atoms with E-state index in [-0.39, 0.29) is 11.9 Å². The summed E-state index contributed by atoms with van der Waals surface area (Å²) in [4.78, 5) is 9.81. The number of aliphatic hydroxyl groups is 1. The summed E-state index contributed by atoms with van der Waals surface area (Å²) in [6, 6.07) is 0. The summed E-state index contributed by atoms with van der Waals surface area (Å²) in [6.07, 6.45) is 2.37. The standard InChI is InChI=1S/C5H12O.C4H8O/c1-3-5(6)4-2;1-3-4(2)5/h5-6H,3-4H2,1-2H3;3H2,1-2H3. The molecule has 0 aliphatic heterocycles. The van der Waals surface area contributed by atoms with Crippen molar-refractivity contribution in [1.82, 2.24) is 0 Å². The van der Waals surface area contributed by atoms with Gasteiger partial charge in [-0.2, -0.15) is 0 Å². The Morgan fingerprint density at radius 1 is 1.27 bits per heavy atom. The molecule has 0 aromatic heterocycles. The summed E-state index contributed by atoms with van der Waals surface area (Å²) in [7, 11) is 0. The van der Waals surface area contributed by atoms with E-state index in [0.29, 0.717) is 6.42 Å². The molecule has 0 aliphatic carbocycles. The minimum atomic E-state index is -0.0648. The highest BCUT2D eigenvalue weighted by atomic mass is 16.3. The van der Waals surface area contributed by atoms with Gasteiger partial charge >= 0.3 is 0 Å². The van der Waals surface area contributed by atoms with Crippen LogP contribution in [0.25, 0.3) is 0 Å². The molecule has 0 bridgehead atoms. The van der Waals surface area contributed by atoms with Crippen LogP contribution in [-0.2, 0) is 4.79 Å². The molecule has 0 spiro atoms. The summed E-state index contributed by atoms with van der Waals surface area (Å²) in [5, 5.41) is 8.67. The molecule has 0 saturated heterocycles. The summed E-state index contributed by atoms with van der Waals surface area (Å²) >= 11 is 0. The van der Waals surface area contributed by atoms with Gasteiger partial charge < -0.3 is 9.90 Å². The van der Waals surface area contributed by atoms with Crippen LogP contribution in [0.15, 0.2) is 0 Å². The molecule has 0 atom stereocenters. The molecule has 0 heterocycles. The zero-order chi connectivity index (χ0) is 9.28. The zero-order valence-electron chi connectivity index (χ0n) is 8.05. The molecular formula is C9H20O2. The number of rotatable bonds is 3. The van der Waals surface area contributed by atoms with Crippen LogP contribution >= 0.6 is 0 Å². The van der Waals surface area contributed by atoms with Gasteiger partial charge in [0, 0.05) is 6.42 Å². The predicted molar refractivity (Wildman–Crippen MR) is 47.6 cm³/mol. The second-order valence-electron chi connectivity index (χ2n) is 2.53. The van der Waals surface area contributed by atoms with Crippen molar-refractivity contribution in [3.8, 4) is 0 Å². The van der Waals surface area contributed by atoms with Crippen LogP contribution in [0.1, 0.15) is 47.0 Å². The molecule has 0 aliphatic rings. The first-order valence-electron chi connectivity index (χ1n) is 4.25. The van der Waals surface area contributed by atoms with Crippen molar-refractivity contribution in [1.29, 1.82) is 0 Å². The third kappa shape index (κ3) is 17.7. The van der Waals surface area contributed by atoms with E-state index in [9.17, 15) is 4.79 Å². The maximum atomic E-state index is 9.81. The van der Waals surface area contributed by atoms with E-state index in [1.807, 2.05) is 20.8 Å². The first-order chi connectivity index (χ1) is 5.08. The molecule has 0 unspecified atom stereocenters. The molecule has 2 heteroatoms. The van der Waals surface area contributed by atoms with E-state index < -0.39 is 0 Å². The van der Waals surface area contributed by atoms with Gasteiger partial charge in [-0.25, -0.2) is 0 Å². The Morgan fingerprint density at radius 2 is 1.55 bits per heavy atom. The van der Waals surface area contributed by atoms with Crippen LogP contribution in [0.4, 0.5) is 0 Å². The third-order valence-corrected chi connectivity index (χ3v) is 1.44. The number of carbonyl (C=O) groups excluding carboxylic acids is 1. The molecule has 2 nitrogen and oxygen atoms in total. The molecule has 0 rings (SSSR count). The molecule has 0 fully saturated rings. The fraction of sp³-hybridized carbons (Fsp3) is 0.889. The Bertz CT molecular complexity index is 85.6. The van der Waals surface area contributed by atoms with E-state index in [0.717, 1.165) is 12.8 Å². The van der Waals surface area contributed by atoms with Gasteiger partial charge in [0.1, 0.15) is 5.78 Å². The maximum absolute atomic E-state index is 9.81. The molecular weight excluding hydrogens is 140 g/mol. The lowest BCUT2D eigenvalue weighted by Gasteiger charge is -1.98. The number of hydrogen-bond donors (Lipinski definition) is 1. The van der Waals surface area contributed by atoms with E-state index >= 15 is 0 Å². The van der Waals surface area contributed by atoms with Crippen LogP contribution in [0.2, 0.25) is 0 Å². The van der Waals surface area contributed by atoms with Crippen molar-refractivity contribution in [3.05, 3.63) is 0 Å². The summed E-state index contributed by atoms with van der Waals surface area (Å²) in [5.41, 5.74) is 0. The third-order valence-electron chi connectivity index (χ3n) is 1.44. The van der Waals surface area contributed by atoms with E-state index in [1.54, 1.807) is 6.92 Å². The molecule has 0 aromatic carbocycles. The number of hydrogen-bond acceptors (Lipinski definition) is 2. The lowest BCUT2D eigenvalue weighted by Crippen LogP contribution is -1.99. The highest BCUT2D eigenvalue weighted by Gasteiger charge is 1.90. The lowest BCUT2D eigenvalue weighted by molar-refractivity contribution is -0.116. The van der Waals surface area contributed by atoms with E-state index in [2.05, 4.69) is 0 Å². The minimum absolute atomic E-state index is 0.0648. The second kappa shape index (κ2) is 9.63. The average Bonchev–Trinajstić information content (AvgIpc) is 2.04. The van der Waals surface area contributed by atoms with Gasteiger partial charge in [0.15, 0.2) is 0 Å². The van der Waals surface area contributed by atoms with Crippen molar-refractivity contribution in [2.45, 2.75) is 53.1 Å². The Hall–Kier alpha value is -0.370. The van der Waals surface area contributed by atoms with Crippen molar-refractivity contribution >= 4 is 5.78 Å². The topological polar surface area (TPSA) is 37.3 Å². The van der Waals surface area contributed by atoms with Crippen molar-refractivity contribution in [3.63, 3.8) is 0 Å². The lowest BCUT2D eigenvalue weighted by atomic mass is 10.2. The van der Waals surface area contributed by atoms with Crippen LogP contribution in [-0.4, -0.2) is 17.0 Å². The van der Waals surface area contributed by atoms with E-state index in [1.165, 1.54) is 0 Å².